The molecule has 2 rings (SSSR count). The average molecular weight is 408 g/mol. The van der Waals surface area contributed by atoms with Gasteiger partial charge in [0.2, 0.25) is 0 Å². The van der Waals surface area contributed by atoms with Crippen molar-refractivity contribution >= 4 is 24.2 Å². The largest absolute Gasteiger partial charge is 0.493 e. The fraction of sp³-hybridized carbons (Fsp3) is 0.300. The molecule has 0 unspecified atom stereocenters. The van der Waals surface area contributed by atoms with E-state index in [-0.39, 0.29) is 30.8 Å². The SMILES string of the molecule is CCNC(=O)COc1ccc(CNC(=O)c2ccc(CN)cc2)cc1OC.Cl. The van der Waals surface area contributed by atoms with Crippen LogP contribution in [-0.2, 0) is 17.9 Å². The Morgan fingerprint density at radius 2 is 1.68 bits per heavy atom. The lowest BCUT2D eigenvalue weighted by molar-refractivity contribution is -0.123. The van der Waals surface area contributed by atoms with Crippen LogP contribution < -0.4 is 25.8 Å². The summed E-state index contributed by atoms with van der Waals surface area (Å²) in [5.74, 6) is 0.597. The molecule has 2 aromatic carbocycles. The summed E-state index contributed by atoms with van der Waals surface area (Å²) >= 11 is 0. The van der Waals surface area contributed by atoms with Gasteiger partial charge in [-0.3, -0.25) is 9.59 Å². The van der Waals surface area contributed by atoms with Gasteiger partial charge in [0.05, 0.1) is 7.11 Å². The summed E-state index contributed by atoms with van der Waals surface area (Å²) in [6.07, 6.45) is 0. The Bertz CT molecular complexity index is 782. The predicted molar refractivity (Wildman–Crippen MR) is 110 cm³/mol. The van der Waals surface area contributed by atoms with Crippen molar-refractivity contribution in [1.29, 1.82) is 0 Å². The highest BCUT2D eigenvalue weighted by Gasteiger charge is 2.10. The first-order valence-electron chi connectivity index (χ1n) is 8.71. The number of nitrogens with two attached hydrogens (primary N) is 1. The number of likely N-dealkylation sites (N-methyl/N-ethyl adjacent to an activating group) is 1. The van der Waals surface area contributed by atoms with Gasteiger partial charge in [0.15, 0.2) is 18.1 Å². The number of benzene rings is 2. The highest BCUT2D eigenvalue weighted by atomic mass is 35.5. The van der Waals surface area contributed by atoms with Gasteiger partial charge in [0.1, 0.15) is 0 Å². The van der Waals surface area contributed by atoms with E-state index in [4.69, 9.17) is 15.2 Å². The maximum Gasteiger partial charge on any atom is 0.257 e. The minimum absolute atomic E-state index is 0. The molecule has 0 bridgehead atoms. The first-order valence-corrected chi connectivity index (χ1v) is 8.71. The lowest BCUT2D eigenvalue weighted by Gasteiger charge is -2.12. The van der Waals surface area contributed by atoms with E-state index >= 15 is 0 Å². The second kappa shape index (κ2) is 11.8. The number of methoxy groups -OCH3 is 1. The number of carbonyl (C=O) groups is 2. The Hall–Kier alpha value is -2.77. The Labute approximate surface area is 171 Å². The third-order valence-electron chi connectivity index (χ3n) is 3.87. The molecule has 28 heavy (non-hydrogen) atoms. The Morgan fingerprint density at radius 3 is 2.29 bits per heavy atom. The smallest absolute Gasteiger partial charge is 0.257 e. The first kappa shape index (κ1) is 23.3. The Morgan fingerprint density at radius 1 is 1.00 bits per heavy atom. The maximum atomic E-state index is 12.2. The molecule has 2 aromatic rings. The van der Waals surface area contributed by atoms with Gasteiger partial charge >= 0.3 is 0 Å². The molecular formula is C20H26ClN3O4. The molecule has 4 N–H and O–H groups in total. The molecule has 0 saturated heterocycles. The van der Waals surface area contributed by atoms with Crippen molar-refractivity contribution < 1.29 is 19.1 Å². The number of halogens is 1. The zero-order valence-corrected chi connectivity index (χ0v) is 16.8. The van der Waals surface area contributed by atoms with E-state index in [1.54, 1.807) is 24.3 Å². The average Bonchev–Trinajstić information content (AvgIpc) is 2.71. The van der Waals surface area contributed by atoms with Crippen molar-refractivity contribution in [1.82, 2.24) is 10.6 Å². The van der Waals surface area contributed by atoms with Crippen LogP contribution in [0.5, 0.6) is 11.5 Å². The number of rotatable bonds is 9. The molecule has 2 amide bonds. The molecule has 152 valence electrons. The second-order valence-electron chi connectivity index (χ2n) is 5.81. The van der Waals surface area contributed by atoms with E-state index in [1.165, 1.54) is 7.11 Å². The molecule has 0 atom stereocenters. The zero-order valence-electron chi connectivity index (χ0n) is 16.0. The van der Waals surface area contributed by atoms with Crippen LogP contribution in [0.1, 0.15) is 28.4 Å². The third kappa shape index (κ3) is 6.75. The van der Waals surface area contributed by atoms with Gasteiger partial charge in [-0.05, 0) is 42.3 Å². The van der Waals surface area contributed by atoms with Crippen molar-refractivity contribution in [3.05, 3.63) is 59.2 Å². The number of amides is 2. The van der Waals surface area contributed by atoms with Crippen LogP contribution in [0.4, 0.5) is 0 Å². The van der Waals surface area contributed by atoms with Crippen molar-refractivity contribution in [3.8, 4) is 11.5 Å². The molecule has 0 fully saturated rings. The van der Waals surface area contributed by atoms with E-state index in [1.807, 2.05) is 25.1 Å². The number of hydrogen-bond acceptors (Lipinski definition) is 5. The van der Waals surface area contributed by atoms with Crippen LogP contribution in [0.3, 0.4) is 0 Å². The quantitative estimate of drug-likeness (QED) is 0.590. The van der Waals surface area contributed by atoms with Crippen molar-refractivity contribution in [2.24, 2.45) is 5.73 Å². The molecule has 0 spiro atoms. The number of nitrogens with one attached hydrogen (secondary N) is 2. The number of ether oxygens (including phenoxy) is 2. The molecule has 0 aliphatic heterocycles. The van der Waals surface area contributed by atoms with Crippen molar-refractivity contribution in [3.63, 3.8) is 0 Å². The van der Waals surface area contributed by atoms with E-state index in [0.717, 1.165) is 11.1 Å². The Balaban J connectivity index is 0.00000392. The highest BCUT2D eigenvalue weighted by molar-refractivity contribution is 5.94. The predicted octanol–water partition coefficient (Wildman–Crippen LogP) is 2.02. The number of hydrogen-bond donors (Lipinski definition) is 3. The lowest BCUT2D eigenvalue weighted by atomic mass is 10.1. The van der Waals surface area contributed by atoms with E-state index < -0.39 is 0 Å². The van der Waals surface area contributed by atoms with Crippen LogP contribution in [0.15, 0.2) is 42.5 Å². The Kier molecular flexibility index (Phi) is 9.84. The topological polar surface area (TPSA) is 103 Å². The fourth-order valence-corrected chi connectivity index (χ4v) is 2.41. The summed E-state index contributed by atoms with van der Waals surface area (Å²) in [5.41, 5.74) is 7.95. The molecule has 0 aliphatic carbocycles. The summed E-state index contributed by atoms with van der Waals surface area (Å²) in [4.78, 5) is 23.7. The lowest BCUT2D eigenvalue weighted by Crippen LogP contribution is -2.28. The third-order valence-corrected chi connectivity index (χ3v) is 3.87. The van der Waals surface area contributed by atoms with Crippen LogP contribution >= 0.6 is 12.4 Å². The highest BCUT2D eigenvalue weighted by Crippen LogP contribution is 2.28. The molecule has 0 aromatic heterocycles. The van der Waals surface area contributed by atoms with Crippen LogP contribution in [0.2, 0.25) is 0 Å². The molecule has 0 aliphatic rings. The summed E-state index contributed by atoms with van der Waals surface area (Å²) in [7, 11) is 1.52. The molecule has 0 saturated carbocycles. The summed E-state index contributed by atoms with van der Waals surface area (Å²) in [6, 6.07) is 12.5. The summed E-state index contributed by atoms with van der Waals surface area (Å²) < 4.78 is 10.8. The maximum absolute atomic E-state index is 12.2. The molecule has 8 heteroatoms. The standard InChI is InChI=1S/C20H25N3O4.ClH/c1-3-22-19(24)13-27-17-9-6-15(10-18(17)26-2)12-23-20(25)16-7-4-14(11-21)5-8-16;/h4-10H,3,11-13,21H2,1-2H3,(H,22,24)(H,23,25);1H. The first-order chi connectivity index (χ1) is 13.1. The normalized spacial score (nSPS) is 9.82. The van der Waals surface area contributed by atoms with Crippen LogP contribution in [0.25, 0.3) is 0 Å². The molecular weight excluding hydrogens is 382 g/mol. The van der Waals surface area contributed by atoms with Gasteiger partial charge in [0.25, 0.3) is 11.8 Å². The van der Waals surface area contributed by atoms with Gasteiger partial charge in [-0.1, -0.05) is 18.2 Å². The minimum atomic E-state index is -0.198. The van der Waals surface area contributed by atoms with Gasteiger partial charge in [-0.15, -0.1) is 12.4 Å². The van der Waals surface area contributed by atoms with Gasteiger partial charge in [-0.2, -0.15) is 0 Å². The van der Waals surface area contributed by atoms with Gasteiger partial charge in [0, 0.05) is 25.2 Å². The summed E-state index contributed by atoms with van der Waals surface area (Å²) in [5, 5.41) is 5.52. The fourth-order valence-electron chi connectivity index (χ4n) is 2.41. The van der Waals surface area contributed by atoms with Gasteiger partial charge in [-0.25, -0.2) is 0 Å². The minimum Gasteiger partial charge on any atom is -0.493 e. The van der Waals surface area contributed by atoms with Gasteiger partial charge < -0.3 is 25.8 Å². The van der Waals surface area contributed by atoms with E-state index in [2.05, 4.69) is 10.6 Å². The van der Waals surface area contributed by atoms with Crippen LogP contribution in [0, 0.1) is 0 Å². The molecule has 0 radical (unpaired) electrons. The van der Waals surface area contributed by atoms with Crippen molar-refractivity contribution in [2.75, 3.05) is 20.3 Å². The van der Waals surface area contributed by atoms with E-state index in [9.17, 15) is 9.59 Å². The van der Waals surface area contributed by atoms with Crippen molar-refractivity contribution in [2.45, 2.75) is 20.0 Å². The monoisotopic (exact) mass is 407 g/mol. The van der Waals surface area contributed by atoms with E-state index in [0.29, 0.717) is 36.7 Å². The second-order valence-corrected chi connectivity index (χ2v) is 5.81. The number of carbonyl (C=O) groups excluding carboxylic acids is 2. The zero-order chi connectivity index (χ0) is 19.6. The summed E-state index contributed by atoms with van der Waals surface area (Å²) in [6.45, 7) is 3.08. The van der Waals surface area contributed by atoms with Crippen LogP contribution in [-0.4, -0.2) is 32.1 Å². The molecule has 0 heterocycles. The molecule has 7 nitrogen and oxygen atoms in total.